The van der Waals surface area contributed by atoms with Gasteiger partial charge in [-0.15, -0.1) is 0 Å². The van der Waals surface area contributed by atoms with Gasteiger partial charge in [0.2, 0.25) is 0 Å². The molecule has 0 atom stereocenters. The summed E-state index contributed by atoms with van der Waals surface area (Å²) in [5, 5.41) is 5.38. The van der Waals surface area contributed by atoms with Gasteiger partial charge in [-0.25, -0.2) is 4.79 Å². The van der Waals surface area contributed by atoms with Gasteiger partial charge in [-0.2, -0.15) is 0 Å². The molecule has 0 rings (SSSR count). The molecular weight excluding hydrogens is 192 g/mol. The van der Waals surface area contributed by atoms with Crippen molar-refractivity contribution in [1.82, 2.24) is 10.6 Å². The summed E-state index contributed by atoms with van der Waals surface area (Å²) in [6.45, 7) is 10.0. The van der Waals surface area contributed by atoms with Crippen LogP contribution in [0.15, 0.2) is 36.6 Å². The molecule has 0 heterocycles. The number of alkyl carbamates (subject to hydrolysis) is 1. The second-order valence-corrected chi connectivity index (χ2v) is 2.87. The fourth-order valence-electron chi connectivity index (χ4n) is 0.704. The molecular formula is C11H18N2O2. The standard InChI is InChI=1S/C11H18N2O2/c1-5-13-11(14)15-8-9(2)6-7-10(3)12-4/h6-7,12H,2-3,5,8H2,1,4H3,(H,13,14)/b7-6-. The molecule has 0 aromatic heterocycles. The fraction of sp³-hybridized carbons (Fsp3) is 0.364. The molecule has 84 valence electrons. The first kappa shape index (κ1) is 13.3. The van der Waals surface area contributed by atoms with Gasteiger partial charge >= 0.3 is 6.09 Å². The smallest absolute Gasteiger partial charge is 0.407 e. The summed E-state index contributed by atoms with van der Waals surface area (Å²) in [4.78, 5) is 10.9. The van der Waals surface area contributed by atoms with E-state index < -0.39 is 6.09 Å². The highest BCUT2D eigenvalue weighted by Crippen LogP contribution is 1.97. The SMILES string of the molecule is C=C(/C=C\C(=C)NC)COC(=O)NCC. The maximum absolute atomic E-state index is 10.9. The van der Waals surface area contributed by atoms with Gasteiger partial charge in [-0.05, 0) is 18.6 Å². The maximum atomic E-state index is 10.9. The maximum Gasteiger partial charge on any atom is 0.407 e. The first-order valence-corrected chi connectivity index (χ1v) is 4.73. The first-order chi connectivity index (χ1) is 7.10. The van der Waals surface area contributed by atoms with Gasteiger partial charge in [-0.1, -0.05) is 19.2 Å². The summed E-state index contributed by atoms with van der Waals surface area (Å²) in [6.07, 6.45) is 3.08. The van der Waals surface area contributed by atoms with E-state index in [1.807, 2.05) is 6.92 Å². The van der Waals surface area contributed by atoms with E-state index in [0.717, 1.165) is 5.70 Å². The summed E-state index contributed by atoms with van der Waals surface area (Å²) in [5.41, 5.74) is 1.48. The van der Waals surface area contributed by atoms with Crippen molar-refractivity contribution >= 4 is 6.09 Å². The molecule has 0 radical (unpaired) electrons. The predicted octanol–water partition coefficient (Wildman–Crippen LogP) is 1.58. The summed E-state index contributed by atoms with van der Waals surface area (Å²) in [6, 6.07) is 0. The number of hydrogen-bond acceptors (Lipinski definition) is 3. The molecule has 0 aromatic rings. The fourth-order valence-corrected chi connectivity index (χ4v) is 0.704. The number of nitrogens with one attached hydrogen (secondary N) is 2. The minimum atomic E-state index is -0.431. The van der Waals surface area contributed by atoms with Crippen molar-refractivity contribution in [3.05, 3.63) is 36.6 Å². The minimum absolute atomic E-state index is 0.180. The van der Waals surface area contributed by atoms with E-state index in [1.165, 1.54) is 0 Å². The minimum Gasteiger partial charge on any atom is -0.445 e. The van der Waals surface area contributed by atoms with Gasteiger partial charge < -0.3 is 15.4 Å². The number of carbonyl (C=O) groups excluding carboxylic acids is 1. The summed E-state index contributed by atoms with van der Waals surface area (Å²) in [5.74, 6) is 0. The van der Waals surface area contributed by atoms with Gasteiger partial charge in [0, 0.05) is 19.3 Å². The molecule has 0 aliphatic rings. The molecule has 0 saturated carbocycles. The van der Waals surface area contributed by atoms with E-state index in [4.69, 9.17) is 4.74 Å². The summed E-state index contributed by atoms with van der Waals surface area (Å²) in [7, 11) is 1.78. The quantitative estimate of drug-likeness (QED) is 0.654. The van der Waals surface area contributed by atoms with Crippen molar-refractivity contribution in [2.75, 3.05) is 20.2 Å². The van der Waals surface area contributed by atoms with E-state index in [0.29, 0.717) is 12.1 Å². The third-order valence-electron chi connectivity index (χ3n) is 1.55. The summed E-state index contributed by atoms with van der Waals surface area (Å²) >= 11 is 0. The lowest BCUT2D eigenvalue weighted by Gasteiger charge is -2.04. The van der Waals surface area contributed by atoms with E-state index in [-0.39, 0.29) is 6.61 Å². The normalized spacial score (nSPS) is 9.73. The van der Waals surface area contributed by atoms with Crippen LogP contribution in [0.1, 0.15) is 6.92 Å². The molecule has 0 unspecified atom stereocenters. The molecule has 0 fully saturated rings. The molecule has 0 aromatic carbocycles. The number of rotatable bonds is 6. The molecule has 1 amide bonds. The Kier molecular flexibility index (Phi) is 6.80. The van der Waals surface area contributed by atoms with E-state index >= 15 is 0 Å². The van der Waals surface area contributed by atoms with Crippen LogP contribution < -0.4 is 10.6 Å². The summed E-state index contributed by atoms with van der Waals surface area (Å²) < 4.78 is 4.86. The van der Waals surface area contributed by atoms with Crippen molar-refractivity contribution < 1.29 is 9.53 Å². The Hall–Kier alpha value is -1.71. The zero-order valence-electron chi connectivity index (χ0n) is 9.30. The first-order valence-electron chi connectivity index (χ1n) is 4.73. The molecule has 0 aliphatic heterocycles. The van der Waals surface area contributed by atoms with Crippen LogP contribution in [-0.4, -0.2) is 26.3 Å². The van der Waals surface area contributed by atoms with Crippen LogP contribution in [0, 0.1) is 0 Å². The van der Waals surface area contributed by atoms with Crippen molar-refractivity contribution in [3.8, 4) is 0 Å². The van der Waals surface area contributed by atoms with Crippen molar-refractivity contribution in [3.63, 3.8) is 0 Å². The number of allylic oxidation sites excluding steroid dienone is 1. The highest BCUT2D eigenvalue weighted by molar-refractivity contribution is 5.67. The van der Waals surface area contributed by atoms with Crippen LogP contribution in [0.5, 0.6) is 0 Å². The lowest BCUT2D eigenvalue weighted by Crippen LogP contribution is -2.24. The molecule has 0 aliphatic carbocycles. The predicted molar refractivity (Wildman–Crippen MR) is 61.5 cm³/mol. The topological polar surface area (TPSA) is 50.4 Å². The van der Waals surface area contributed by atoms with E-state index in [9.17, 15) is 4.79 Å². The third kappa shape index (κ3) is 7.37. The average molecular weight is 210 g/mol. The van der Waals surface area contributed by atoms with Crippen LogP contribution in [-0.2, 0) is 4.74 Å². The Balaban J connectivity index is 3.80. The van der Waals surface area contributed by atoms with Crippen LogP contribution in [0.4, 0.5) is 4.79 Å². The zero-order valence-corrected chi connectivity index (χ0v) is 9.30. The molecule has 0 spiro atoms. The number of likely N-dealkylation sites (N-methyl/N-ethyl adjacent to an activating group) is 1. The number of amides is 1. The highest BCUT2D eigenvalue weighted by Gasteiger charge is 1.98. The average Bonchev–Trinajstić information content (AvgIpc) is 2.23. The van der Waals surface area contributed by atoms with E-state index in [2.05, 4.69) is 23.8 Å². The van der Waals surface area contributed by atoms with Gasteiger partial charge in [0.1, 0.15) is 6.61 Å². The van der Waals surface area contributed by atoms with Crippen LogP contribution >= 0.6 is 0 Å². The van der Waals surface area contributed by atoms with Crippen LogP contribution in [0.2, 0.25) is 0 Å². The monoisotopic (exact) mass is 210 g/mol. The Bertz CT molecular complexity index is 270. The molecule has 0 saturated heterocycles. The second kappa shape index (κ2) is 7.67. The van der Waals surface area contributed by atoms with Gasteiger partial charge in [0.05, 0.1) is 0 Å². The second-order valence-electron chi connectivity index (χ2n) is 2.87. The number of hydrogen-bond donors (Lipinski definition) is 2. The highest BCUT2D eigenvalue weighted by atomic mass is 16.5. The molecule has 15 heavy (non-hydrogen) atoms. The third-order valence-corrected chi connectivity index (χ3v) is 1.55. The van der Waals surface area contributed by atoms with Crippen molar-refractivity contribution in [1.29, 1.82) is 0 Å². The Labute approximate surface area is 90.7 Å². The molecule has 0 bridgehead atoms. The van der Waals surface area contributed by atoms with Gasteiger partial charge in [-0.3, -0.25) is 0 Å². The van der Waals surface area contributed by atoms with Crippen LogP contribution in [0.3, 0.4) is 0 Å². The Morgan fingerprint density at radius 1 is 1.40 bits per heavy atom. The Morgan fingerprint density at radius 2 is 2.07 bits per heavy atom. The largest absolute Gasteiger partial charge is 0.445 e. The lowest BCUT2D eigenvalue weighted by atomic mass is 10.3. The van der Waals surface area contributed by atoms with Crippen molar-refractivity contribution in [2.45, 2.75) is 6.92 Å². The number of ether oxygens (including phenoxy) is 1. The van der Waals surface area contributed by atoms with E-state index in [1.54, 1.807) is 19.2 Å². The van der Waals surface area contributed by atoms with Gasteiger partial charge in [0.15, 0.2) is 0 Å². The zero-order chi connectivity index (χ0) is 11.7. The van der Waals surface area contributed by atoms with Crippen molar-refractivity contribution in [2.24, 2.45) is 0 Å². The Morgan fingerprint density at radius 3 is 2.60 bits per heavy atom. The number of carbonyl (C=O) groups is 1. The van der Waals surface area contributed by atoms with Gasteiger partial charge in [0.25, 0.3) is 0 Å². The van der Waals surface area contributed by atoms with Crippen LogP contribution in [0.25, 0.3) is 0 Å². The molecule has 4 heteroatoms. The lowest BCUT2D eigenvalue weighted by molar-refractivity contribution is 0.157. The molecule has 2 N–H and O–H groups in total. The molecule has 4 nitrogen and oxygen atoms in total.